The Bertz CT molecular complexity index is 696. The first-order chi connectivity index (χ1) is 9.86. The second-order valence-corrected chi connectivity index (χ2v) is 6.62. The first-order valence-electron chi connectivity index (χ1n) is 6.96. The van der Waals surface area contributed by atoms with Crippen LogP contribution in [0.1, 0.15) is 10.6 Å². The molecule has 1 fully saturated rings. The van der Waals surface area contributed by atoms with E-state index in [4.69, 9.17) is 4.98 Å². The summed E-state index contributed by atoms with van der Waals surface area (Å²) in [5.41, 5.74) is 2.79. The summed E-state index contributed by atoms with van der Waals surface area (Å²) >= 11 is 1.83. The Morgan fingerprint density at radius 2 is 1.75 bits per heavy atom. The Hall–Kier alpha value is -1.71. The summed E-state index contributed by atoms with van der Waals surface area (Å²) in [7, 11) is 0. The first kappa shape index (κ1) is 12.1. The highest BCUT2D eigenvalue weighted by Gasteiger charge is 2.39. The highest BCUT2D eigenvalue weighted by Crippen LogP contribution is 2.34. The van der Waals surface area contributed by atoms with E-state index in [1.165, 1.54) is 15.3 Å². The smallest absolute Gasteiger partial charge is 0.0948 e. The van der Waals surface area contributed by atoms with Crippen molar-refractivity contribution in [2.45, 2.75) is 11.8 Å². The van der Waals surface area contributed by atoms with Gasteiger partial charge in [0, 0.05) is 24.9 Å². The molecule has 0 atom stereocenters. The predicted molar refractivity (Wildman–Crippen MR) is 84.3 cm³/mol. The Labute approximate surface area is 122 Å². The first-order valence-corrected chi connectivity index (χ1v) is 7.78. The molecule has 3 aromatic rings. The van der Waals surface area contributed by atoms with Crippen molar-refractivity contribution in [1.82, 2.24) is 10.3 Å². The van der Waals surface area contributed by atoms with Crippen molar-refractivity contribution in [2.24, 2.45) is 0 Å². The van der Waals surface area contributed by atoms with Crippen LogP contribution in [0.25, 0.3) is 10.2 Å². The van der Waals surface area contributed by atoms with Crippen molar-refractivity contribution < 1.29 is 0 Å². The van der Waals surface area contributed by atoms with E-state index in [1.54, 1.807) is 0 Å². The molecule has 0 unspecified atom stereocenters. The number of hydrogen-bond acceptors (Lipinski definition) is 3. The number of fused-ring (bicyclic) bond motifs is 1. The van der Waals surface area contributed by atoms with Crippen LogP contribution in [-0.4, -0.2) is 18.1 Å². The number of benzene rings is 2. The third-order valence-electron chi connectivity index (χ3n) is 4.14. The molecule has 0 bridgehead atoms. The van der Waals surface area contributed by atoms with Gasteiger partial charge in [-0.05, 0) is 17.7 Å². The molecule has 0 aliphatic carbocycles. The molecule has 0 amide bonds. The van der Waals surface area contributed by atoms with E-state index in [9.17, 15) is 0 Å². The van der Waals surface area contributed by atoms with Crippen molar-refractivity contribution in [3.63, 3.8) is 0 Å². The molecular formula is C17H16N2S. The summed E-state index contributed by atoms with van der Waals surface area (Å²) < 4.78 is 1.29. The fourth-order valence-corrected chi connectivity index (χ4v) is 4.05. The van der Waals surface area contributed by atoms with Crippen LogP contribution in [0.4, 0.5) is 0 Å². The second kappa shape index (κ2) is 4.69. The summed E-state index contributed by atoms with van der Waals surface area (Å²) in [6.45, 7) is 2.10. The molecule has 0 spiro atoms. The van der Waals surface area contributed by atoms with Gasteiger partial charge in [-0.3, -0.25) is 0 Å². The molecule has 3 heteroatoms. The maximum absolute atomic E-state index is 4.80. The Balaban J connectivity index is 1.69. The van der Waals surface area contributed by atoms with E-state index in [1.807, 2.05) is 11.3 Å². The lowest BCUT2D eigenvalue weighted by molar-refractivity contribution is 0.274. The fourth-order valence-electron chi connectivity index (χ4n) is 2.93. The van der Waals surface area contributed by atoms with Gasteiger partial charge in [0.15, 0.2) is 0 Å². The van der Waals surface area contributed by atoms with Gasteiger partial charge in [0.1, 0.15) is 0 Å². The van der Waals surface area contributed by atoms with Crippen molar-refractivity contribution in [3.8, 4) is 0 Å². The molecular weight excluding hydrogens is 264 g/mol. The maximum atomic E-state index is 4.80. The van der Waals surface area contributed by atoms with Crippen molar-refractivity contribution >= 4 is 21.6 Å². The number of nitrogens with one attached hydrogen (secondary N) is 1. The van der Waals surface area contributed by atoms with Crippen molar-refractivity contribution in [3.05, 3.63) is 65.2 Å². The van der Waals surface area contributed by atoms with Crippen LogP contribution in [0.15, 0.2) is 54.6 Å². The SMILES string of the molecule is c1ccc(C2(Cc3nc4ccccc4s3)CNC2)cc1. The molecule has 0 radical (unpaired) electrons. The third-order valence-corrected chi connectivity index (χ3v) is 5.18. The van der Waals surface area contributed by atoms with Gasteiger partial charge >= 0.3 is 0 Å². The number of hydrogen-bond donors (Lipinski definition) is 1. The standard InChI is InChI=1S/C17H16N2S/c1-2-6-13(7-3-1)17(11-18-12-17)10-16-19-14-8-4-5-9-15(14)20-16/h1-9,18H,10-12H2. The molecule has 2 aromatic carbocycles. The summed E-state index contributed by atoms with van der Waals surface area (Å²) in [6, 6.07) is 19.2. The summed E-state index contributed by atoms with van der Waals surface area (Å²) in [4.78, 5) is 4.80. The van der Waals surface area contributed by atoms with Gasteiger partial charge in [-0.25, -0.2) is 4.98 Å². The fraction of sp³-hybridized carbons (Fsp3) is 0.235. The van der Waals surface area contributed by atoms with Crippen LogP contribution >= 0.6 is 11.3 Å². The van der Waals surface area contributed by atoms with Gasteiger partial charge in [0.2, 0.25) is 0 Å². The molecule has 0 saturated carbocycles. The Morgan fingerprint density at radius 1 is 1.00 bits per heavy atom. The molecule has 1 aromatic heterocycles. The molecule has 2 heterocycles. The van der Waals surface area contributed by atoms with E-state index in [0.717, 1.165) is 25.0 Å². The van der Waals surface area contributed by atoms with Crippen LogP contribution in [0, 0.1) is 0 Å². The van der Waals surface area contributed by atoms with E-state index >= 15 is 0 Å². The van der Waals surface area contributed by atoms with Gasteiger partial charge in [-0.15, -0.1) is 11.3 Å². The van der Waals surface area contributed by atoms with Crippen LogP contribution in [-0.2, 0) is 11.8 Å². The molecule has 1 aliphatic heterocycles. The second-order valence-electron chi connectivity index (χ2n) is 5.50. The molecule has 1 aliphatic rings. The molecule has 1 N–H and O–H groups in total. The lowest BCUT2D eigenvalue weighted by atomic mass is 9.73. The van der Waals surface area contributed by atoms with Gasteiger partial charge in [0.25, 0.3) is 0 Å². The van der Waals surface area contributed by atoms with E-state index < -0.39 is 0 Å². The number of thiazole rings is 1. The molecule has 100 valence electrons. The summed E-state index contributed by atoms with van der Waals surface area (Å²) in [5, 5.41) is 4.68. The highest BCUT2D eigenvalue weighted by atomic mass is 32.1. The predicted octanol–water partition coefficient (Wildman–Crippen LogP) is 3.38. The van der Waals surface area contributed by atoms with E-state index in [-0.39, 0.29) is 5.41 Å². The maximum Gasteiger partial charge on any atom is 0.0948 e. The van der Waals surface area contributed by atoms with Crippen LogP contribution in [0.3, 0.4) is 0 Å². The zero-order chi connectivity index (χ0) is 13.4. The molecule has 2 nitrogen and oxygen atoms in total. The number of para-hydroxylation sites is 1. The van der Waals surface area contributed by atoms with Crippen molar-refractivity contribution in [1.29, 1.82) is 0 Å². The lowest BCUT2D eigenvalue weighted by Gasteiger charge is -2.43. The van der Waals surface area contributed by atoms with Gasteiger partial charge in [0.05, 0.1) is 15.2 Å². The number of nitrogens with zero attached hydrogens (tertiary/aromatic N) is 1. The molecule has 4 rings (SSSR count). The van der Waals surface area contributed by atoms with Gasteiger partial charge < -0.3 is 5.32 Å². The third kappa shape index (κ3) is 1.94. The molecule has 1 saturated heterocycles. The zero-order valence-electron chi connectivity index (χ0n) is 11.2. The number of aromatic nitrogens is 1. The summed E-state index contributed by atoms with van der Waals surface area (Å²) in [6.07, 6.45) is 1.03. The van der Waals surface area contributed by atoms with Crippen molar-refractivity contribution in [2.75, 3.05) is 13.1 Å². The minimum atomic E-state index is 0.231. The minimum Gasteiger partial charge on any atom is -0.315 e. The average Bonchev–Trinajstić information content (AvgIpc) is 2.86. The topological polar surface area (TPSA) is 24.9 Å². The monoisotopic (exact) mass is 280 g/mol. The van der Waals surface area contributed by atoms with Crippen LogP contribution in [0.5, 0.6) is 0 Å². The molecule has 20 heavy (non-hydrogen) atoms. The van der Waals surface area contributed by atoms with Crippen LogP contribution in [0.2, 0.25) is 0 Å². The Morgan fingerprint density at radius 3 is 2.45 bits per heavy atom. The average molecular weight is 280 g/mol. The van der Waals surface area contributed by atoms with Gasteiger partial charge in [-0.1, -0.05) is 42.5 Å². The minimum absolute atomic E-state index is 0.231. The Kier molecular flexibility index (Phi) is 2.83. The lowest BCUT2D eigenvalue weighted by Crippen LogP contribution is -2.58. The summed E-state index contributed by atoms with van der Waals surface area (Å²) in [5.74, 6) is 0. The normalized spacial score (nSPS) is 17.0. The largest absolute Gasteiger partial charge is 0.315 e. The number of rotatable bonds is 3. The van der Waals surface area contributed by atoms with E-state index in [2.05, 4.69) is 59.9 Å². The quantitative estimate of drug-likeness (QED) is 0.795. The highest BCUT2D eigenvalue weighted by molar-refractivity contribution is 7.18. The van der Waals surface area contributed by atoms with Crippen LogP contribution < -0.4 is 5.32 Å². The zero-order valence-corrected chi connectivity index (χ0v) is 12.0. The van der Waals surface area contributed by atoms with E-state index in [0.29, 0.717) is 0 Å². The van der Waals surface area contributed by atoms with Gasteiger partial charge in [-0.2, -0.15) is 0 Å².